The van der Waals surface area contributed by atoms with Gasteiger partial charge in [0, 0.05) is 17.3 Å². The standard InChI is InChI=1S/C26H27N3O5/c1-3-18(4-2)27-25(31)23-16-29(20-8-5-6-9-21(20)34-23)26(32)17-11-13-19(14-12-17)28-24(30)22-10-7-15-33-22/h5-15,18,23H,3-4,16H2,1-2H3,(H,27,31)(H,28,30). The van der Waals surface area contributed by atoms with E-state index in [2.05, 4.69) is 10.6 Å². The number of carbonyl (C=O) groups excluding carboxylic acids is 3. The van der Waals surface area contributed by atoms with Crippen molar-refractivity contribution in [2.24, 2.45) is 0 Å². The number of hydrogen-bond acceptors (Lipinski definition) is 5. The lowest BCUT2D eigenvalue weighted by atomic mass is 10.1. The molecule has 0 bridgehead atoms. The van der Waals surface area contributed by atoms with E-state index in [9.17, 15) is 14.4 Å². The molecule has 0 spiro atoms. The largest absolute Gasteiger partial charge is 0.477 e. The summed E-state index contributed by atoms with van der Waals surface area (Å²) >= 11 is 0. The van der Waals surface area contributed by atoms with Crippen molar-refractivity contribution in [3.05, 3.63) is 78.3 Å². The van der Waals surface area contributed by atoms with Gasteiger partial charge in [0.2, 0.25) is 0 Å². The fourth-order valence-corrected chi connectivity index (χ4v) is 3.80. The molecule has 0 radical (unpaired) electrons. The number of anilines is 2. The summed E-state index contributed by atoms with van der Waals surface area (Å²) in [5, 5.41) is 5.73. The van der Waals surface area contributed by atoms with E-state index < -0.39 is 6.10 Å². The number of rotatable bonds is 7. The van der Waals surface area contributed by atoms with E-state index in [1.54, 1.807) is 59.5 Å². The first-order chi connectivity index (χ1) is 16.5. The maximum atomic E-state index is 13.4. The number of hydrogen-bond donors (Lipinski definition) is 2. The van der Waals surface area contributed by atoms with Crippen LogP contribution in [0.5, 0.6) is 5.75 Å². The topological polar surface area (TPSA) is 101 Å². The molecule has 0 fully saturated rings. The van der Waals surface area contributed by atoms with Gasteiger partial charge in [0.1, 0.15) is 5.75 Å². The number of nitrogens with zero attached hydrogens (tertiary/aromatic N) is 1. The fraction of sp³-hybridized carbons (Fsp3) is 0.269. The maximum absolute atomic E-state index is 13.4. The van der Waals surface area contributed by atoms with E-state index in [-0.39, 0.29) is 36.1 Å². The third kappa shape index (κ3) is 4.96. The Kier molecular flexibility index (Phi) is 6.96. The lowest BCUT2D eigenvalue weighted by molar-refractivity contribution is -0.128. The highest BCUT2D eigenvalue weighted by Crippen LogP contribution is 2.34. The minimum atomic E-state index is -0.814. The second-order valence-electron chi connectivity index (χ2n) is 8.02. The molecule has 3 aromatic rings. The summed E-state index contributed by atoms with van der Waals surface area (Å²) in [6, 6.07) is 17.0. The molecule has 1 aliphatic rings. The van der Waals surface area contributed by atoms with Crippen LogP contribution in [0.2, 0.25) is 0 Å². The van der Waals surface area contributed by atoms with Crippen LogP contribution in [-0.4, -0.2) is 36.4 Å². The second kappa shape index (κ2) is 10.2. The molecule has 1 unspecified atom stereocenters. The lowest BCUT2D eigenvalue weighted by Gasteiger charge is -2.34. The molecule has 1 atom stereocenters. The van der Waals surface area contributed by atoms with E-state index in [0.717, 1.165) is 12.8 Å². The Hall–Kier alpha value is -4.07. The molecule has 176 valence electrons. The van der Waals surface area contributed by atoms with Crippen LogP contribution in [0.25, 0.3) is 0 Å². The molecular weight excluding hydrogens is 434 g/mol. The third-order valence-electron chi connectivity index (χ3n) is 5.78. The first-order valence-corrected chi connectivity index (χ1v) is 11.3. The highest BCUT2D eigenvalue weighted by atomic mass is 16.5. The van der Waals surface area contributed by atoms with Crippen molar-refractivity contribution in [3.8, 4) is 5.75 Å². The molecule has 2 aromatic carbocycles. The molecule has 0 saturated carbocycles. The van der Waals surface area contributed by atoms with Crippen molar-refractivity contribution < 1.29 is 23.5 Å². The summed E-state index contributed by atoms with van der Waals surface area (Å²) in [6.45, 7) is 4.13. The number of fused-ring (bicyclic) bond motifs is 1. The van der Waals surface area contributed by atoms with Gasteiger partial charge in [-0.3, -0.25) is 14.4 Å². The number of nitrogens with one attached hydrogen (secondary N) is 2. The molecule has 3 amide bonds. The van der Waals surface area contributed by atoms with Gasteiger partial charge in [0.25, 0.3) is 17.7 Å². The summed E-state index contributed by atoms with van der Waals surface area (Å²) in [6.07, 6.45) is 2.24. The number of amides is 3. The van der Waals surface area contributed by atoms with Crippen molar-refractivity contribution in [2.75, 3.05) is 16.8 Å². The van der Waals surface area contributed by atoms with Crippen molar-refractivity contribution in [1.82, 2.24) is 5.32 Å². The summed E-state index contributed by atoms with van der Waals surface area (Å²) in [5.74, 6) is -0.202. The van der Waals surface area contributed by atoms with Crippen LogP contribution in [0.4, 0.5) is 11.4 Å². The summed E-state index contributed by atoms with van der Waals surface area (Å²) in [5.41, 5.74) is 1.56. The van der Waals surface area contributed by atoms with Crippen molar-refractivity contribution in [3.63, 3.8) is 0 Å². The van der Waals surface area contributed by atoms with Gasteiger partial charge in [-0.1, -0.05) is 26.0 Å². The van der Waals surface area contributed by atoms with Gasteiger partial charge < -0.3 is 24.7 Å². The van der Waals surface area contributed by atoms with Gasteiger partial charge in [-0.05, 0) is 61.4 Å². The summed E-state index contributed by atoms with van der Waals surface area (Å²) in [7, 11) is 0. The Bertz CT molecular complexity index is 1150. The molecule has 8 nitrogen and oxygen atoms in total. The molecule has 1 aromatic heterocycles. The summed E-state index contributed by atoms with van der Waals surface area (Å²) < 4.78 is 11.0. The minimum Gasteiger partial charge on any atom is -0.477 e. The highest BCUT2D eigenvalue weighted by Gasteiger charge is 2.34. The molecule has 34 heavy (non-hydrogen) atoms. The lowest BCUT2D eigenvalue weighted by Crippen LogP contribution is -2.52. The van der Waals surface area contributed by atoms with E-state index >= 15 is 0 Å². The summed E-state index contributed by atoms with van der Waals surface area (Å²) in [4.78, 5) is 40.0. The molecule has 8 heteroatoms. The quantitative estimate of drug-likeness (QED) is 0.548. The zero-order valence-corrected chi connectivity index (χ0v) is 19.1. The molecule has 0 saturated heterocycles. The van der Waals surface area contributed by atoms with Gasteiger partial charge in [-0.2, -0.15) is 0 Å². The molecular formula is C26H27N3O5. The number of ether oxygens (including phenoxy) is 1. The molecule has 1 aliphatic heterocycles. The zero-order chi connectivity index (χ0) is 24.1. The van der Waals surface area contributed by atoms with Crippen molar-refractivity contribution in [2.45, 2.75) is 38.8 Å². The molecule has 4 rings (SSSR count). The predicted molar refractivity (Wildman–Crippen MR) is 128 cm³/mol. The van der Waals surface area contributed by atoms with Gasteiger partial charge in [-0.15, -0.1) is 0 Å². The Morgan fingerprint density at radius 3 is 2.41 bits per heavy atom. The van der Waals surface area contributed by atoms with E-state index in [4.69, 9.17) is 9.15 Å². The van der Waals surface area contributed by atoms with Crippen molar-refractivity contribution >= 4 is 29.1 Å². The monoisotopic (exact) mass is 461 g/mol. The average Bonchev–Trinajstić information content (AvgIpc) is 3.42. The molecule has 0 aliphatic carbocycles. The number of para-hydroxylation sites is 2. The predicted octanol–water partition coefficient (Wildman–Crippen LogP) is 4.24. The minimum absolute atomic E-state index is 0.0568. The number of carbonyl (C=O) groups is 3. The van der Waals surface area contributed by atoms with Crippen LogP contribution in [0.15, 0.2) is 71.3 Å². The number of benzene rings is 2. The van der Waals surface area contributed by atoms with E-state index in [1.165, 1.54) is 6.26 Å². The fourth-order valence-electron chi connectivity index (χ4n) is 3.80. The van der Waals surface area contributed by atoms with Gasteiger partial charge in [0.15, 0.2) is 11.9 Å². The zero-order valence-electron chi connectivity index (χ0n) is 19.1. The Labute approximate surface area is 197 Å². The Morgan fingerprint density at radius 1 is 1.00 bits per heavy atom. The average molecular weight is 462 g/mol. The van der Waals surface area contributed by atoms with Crippen LogP contribution in [0.1, 0.15) is 47.6 Å². The van der Waals surface area contributed by atoms with Gasteiger partial charge >= 0.3 is 0 Å². The molecule has 2 heterocycles. The Morgan fingerprint density at radius 2 is 1.74 bits per heavy atom. The Balaban J connectivity index is 1.51. The normalized spacial score (nSPS) is 14.8. The molecule has 2 N–H and O–H groups in total. The third-order valence-corrected chi connectivity index (χ3v) is 5.78. The van der Waals surface area contributed by atoms with E-state index in [1.807, 2.05) is 19.9 Å². The van der Waals surface area contributed by atoms with Gasteiger partial charge in [-0.25, -0.2) is 0 Å². The SMILES string of the molecule is CCC(CC)NC(=O)C1CN(C(=O)c2ccc(NC(=O)c3ccco3)cc2)c2ccccc2O1. The highest BCUT2D eigenvalue weighted by molar-refractivity contribution is 6.08. The van der Waals surface area contributed by atoms with Crippen LogP contribution in [0, 0.1) is 0 Å². The first kappa shape index (κ1) is 23.1. The number of furan rings is 1. The smallest absolute Gasteiger partial charge is 0.291 e. The maximum Gasteiger partial charge on any atom is 0.291 e. The van der Waals surface area contributed by atoms with Crippen LogP contribution < -0.4 is 20.3 Å². The van der Waals surface area contributed by atoms with Crippen molar-refractivity contribution in [1.29, 1.82) is 0 Å². The van der Waals surface area contributed by atoms with E-state index in [0.29, 0.717) is 22.7 Å². The second-order valence-corrected chi connectivity index (χ2v) is 8.02. The van der Waals surface area contributed by atoms with Crippen LogP contribution in [0.3, 0.4) is 0 Å². The first-order valence-electron chi connectivity index (χ1n) is 11.3. The van der Waals surface area contributed by atoms with Crippen LogP contribution >= 0.6 is 0 Å². The van der Waals surface area contributed by atoms with Crippen LogP contribution in [-0.2, 0) is 4.79 Å². The van der Waals surface area contributed by atoms with Gasteiger partial charge in [0.05, 0.1) is 18.5 Å².